The molecule has 0 bridgehead atoms. The minimum atomic E-state index is -0.607. The number of aryl methyl sites for hydroxylation is 1. The van der Waals surface area contributed by atoms with Crippen molar-refractivity contribution in [3.8, 4) is 12.1 Å². The Hall–Kier alpha value is -2.52. The van der Waals surface area contributed by atoms with Gasteiger partial charge >= 0.3 is 6.01 Å². The number of hydrogen-bond acceptors (Lipinski definition) is 5. The molecule has 0 fully saturated rings. The molecule has 0 spiro atoms. The Morgan fingerprint density at radius 2 is 2.00 bits per heavy atom. The lowest BCUT2D eigenvalue weighted by Gasteiger charge is -2.11. The molecule has 1 N–H and O–H groups in total. The number of nitriles is 1. The van der Waals surface area contributed by atoms with Crippen LogP contribution in [-0.4, -0.2) is 22.0 Å². The van der Waals surface area contributed by atoms with E-state index in [1.807, 2.05) is 12.1 Å². The minimum absolute atomic E-state index is 0.237. The molecule has 0 radical (unpaired) electrons. The smallest absolute Gasteiger partial charge is 0.316 e. The van der Waals surface area contributed by atoms with Gasteiger partial charge in [-0.25, -0.2) is 4.98 Å². The van der Waals surface area contributed by atoms with E-state index in [0.29, 0.717) is 17.3 Å². The molecule has 1 heterocycles. The molecule has 0 saturated heterocycles. The van der Waals surface area contributed by atoms with E-state index in [-0.39, 0.29) is 6.01 Å². The Morgan fingerprint density at radius 3 is 2.61 bits per heavy atom. The summed E-state index contributed by atoms with van der Waals surface area (Å²) in [5.74, 6) is -0.607. The van der Waals surface area contributed by atoms with Gasteiger partial charge in [-0.1, -0.05) is 43.4 Å². The average molecular weight is 326 g/mol. The van der Waals surface area contributed by atoms with Crippen molar-refractivity contribution in [1.29, 1.82) is 5.26 Å². The summed E-state index contributed by atoms with van der Waals surface area (Å²) in [5.41, 5.74) is 2.85. The van der Waals surface area contributed by atoms with Crippen LogP contribution in [0.25, 0.3) is 0 Å². The highest BCUT2D eigenvalue weighted by molar-refractivity contribution is 7.80. The summed E-state index contributed by atoms with van der Waals surface area (Å²) in [5, 5.41) is 12.1. The molecule has 2 aromatic rings. The van der Waals surface area contributed by atoms with E-state index in [0.717, 1.165) is 12.0 Å². The number of thiocarbonyl (C=S) groups is 1. The van der Waals surface area contributed by atoms with Gasteiger partial charge in [-0.3, -0.25) is 0 Å². The SMILES string of the molecule is CCc1ccc(COc2nccc(C(C#N)C(=S)NC)n2)cc1. The van der Waals surface area contributed by atoms with Crippen molar-refractivity contribution in [3.63, 3.8) is 0 Å². The van der Waals surface area contributed by atoms with E-state index in [9.17, 15) is 5.26 Å². The number of ether oxygens (including phenoxy) is 1. The summed E-state index contributed by atoms with van der Waals surface area (Å²) < 4.78 is 5.62. The van der Waals surface area contributed by atoms with Gasteiger partial charge in [0.05, 0.1) is 16.8 Å². The van der Waals surface area contributed by atoms with Crippen molar-refractivity contribution in [1.82, 2.24) is 15.3 Å². The summed E-state index contributed by atoms with van der Waals surface area (Å²) in [6.45, 7) is 2.49. The van der Waals surface area contributed by atoms with Crippen molar-refractivity contribution in [2.75, 3.05) is 7.05 Å². The Morgan fingerprint density at radius 1 is 1.30 bits per heavy atom. The van der Waals surface area contributed by atoms with Crippen molar-refractivity contribution < 1.29 is 4.74 Å². The third-order valence-corrected chi connectivity index (χ3v) is 3.83. The van der Waals surface area contributed by atoms with Gasteiger partial charge in [0.25, 0.3) is 0 Å². The van der Waals surface area contributed by atoms with Crippen LogP contribution in [0.15, 0.2) is 36.5 Å². The van der Waals surface area contributed by atoms with Crippen LogP contribution in [0.5, 0.6) is 6.01 Å². The molecule has 0 aliphatic carbocycles. The van der Waals surface area contributed by atoms with E-state index in [1.165, 1.54) is 5.56 Å². The van der Waals surface area contributed by atoms with Crippen LogP contribution in [0, 0.1) is 11.3 Å². The van der Waals surface area contributed by atoms with Crippen LogP contribution in [0.4, 0.5) is 0 Å². The first kappa shape index (κ1) is 16.8. The summed E-state index contributed by atoms with van der Waals surface area (Å²) in [6.07, 6.45) is 2.58. The van der Waals surface area contributed by atoms with E-state index in [1.54, 1.807) is 19.3 Å². The zero-order chi connectivity index (χ0) is 16.7. The number of nitrogens with zero attached hydrogens (tertiary/aromatic N) is 3. The first-order valence-electron chi connectivity index (χ1n) is 7.32. The fourth-order valence-corrected chi connectivity index (χ4v) is 2.18. The van der Waals surface area contributed by atoms with Gasteiger partial charge in [-0.2, -0.15) is 10.2 Å². The van der Waals surface area contributed by atoms with Crippen LogP contribution in [0.3, 0.4) is 0 Å². The number of hydrogen-bond donors (Lipinski definition) is 1. The van der Waals surface area contributed by atoms with Crippen molar-refractivity contribution in [2.24, 2.45) is 0 Å². The normalized spacial score (nSPS) is 11.3. The molecule has 23 heavy (non-hydrogen) atoms. The number of likely N-dealkylation sites (N-methyl/N-ethyl adjacent to an activating group) is 1. The van der Waals surface area contributed by atoms with Gasteiger partial charge in [-0.05, 0) is 23.6 Å². The molecule has 1 aromatic heterocycles. The molecule has 0 aliphatic heterocycles. The average Bonchev–Trinajstić information content (AvgIpc) is 2.61. The number of aromatic nitrogens is 2. The molecule has 6 heteroatoms. The summed E-state index contributed by atoms with van der Waals surface area (Å²) >= 11 is 5.13. The van der Waals surface area contributed by atoms with Gasteiger partial charge in [0.1, 0.15) is 12.5 Å². The van der Waals surface area contributed by atoms with Gasteiger partial charge in [0, 0.05) is 13.2 Å². The minimum Gasteiger partial charge on any atom is -0.459 e. The van der Waals surface area contributed by atoms with Crippen LogP contribution >= 0.6 is 12.2 Å². The van der Waals surface area contributed by atoms with Crippen LogP contribution in [0.2, 0.25) is 0 Å². The number of nitrogens with one attached hydrogen (secondary N) is 1. The van der Waals surface area contributed by atoms with E-state index < -0.39 is 5.92 Å². The fourth-order valence-electron chi connectivity index (χ4n) is 2.01. The van der Waals surface area contributed by atoms with Crippen LogP contribution < -0.4 is 10.1 Å². The Labute approximate surface area is 141 Å². The monoisotopic (exact) mass is 326 g/mol. The molecule has 1 atom stereocenters. The van der Waals surface area contributed by atoms with E-state index in [4.69, 9.17) is 17.0 Å². The van der Waals surface area contributed by atoms with Gasteiger partial charge in [0.15, 0.2) is 0 Å². The number of rotatable bonds is 6. The topological polar surface area (TPSA) is 70.8 Å². The lowest BCUT2D eigenvalue weighted by molar-refractivity contribution is 0.279. The molecule has 5 nitrogen and oxygen atoms in total. The largest absolute Gasteiger partial charge is 0.459 e. The molecule has 0 amide bonds. The second kappa shape index (κ2) is 8.20. The molecule has 1 aromatic carbocycles. The van der Waals surface area contributed by atoms with Gasteiger partial charge in [0.2, 0.25) is 0 Å². The Kier molecular flexibility index (Phi) is 6.01. The molecule has 2 rings (SSSR count). The molecule has 0 aliphatic rings. The summed E-state index contributed by atoms with van der Waals surface area (Å²) in [7, 11) is 1.69. The van der Waals surface area contributed by atoms with Gasteiger partial charge in [-0.15, -0.1) is 0 Å². The van der Waals surface area contributed by atoms with Crippen molar-refractivity contribution in [3.05, 3.63) is 53.3 Å². The third-order valence-electron chi connectivity index (χ3n) is 3.39. The maximum atomic E-state index is 9.25. The number of benzene rings is 1. The second-order valence-corrected chi connectivity index (χ2v) is 5.34. The van der Waals surface area contributed by atoms with Gasteiger partial charge < -0.3 is 10.1 Å². The predicted molar refractivity (Wildman–Crippen MR) is 92.2 cm³/mol. The van der Waals surface area contributed by atoms with Crippen LogP contribution in [-0.2, 0) is 13.0 Å². The standard InChI is InChI=1S/C17H18N4OS/c1-3-12-4-6-13(7-5-12)11-22-17-20-9-8-15(21-17)14(10-18)16(23)19-2/h4-9,14H,3,11H2,1-2H3,(H,19,23). The lowest BCUT2D eigenvalue weighted by atomic mass is 10.1. The lowest BCUT2D eigenvalue weighted by Crippen LogP contribution is -2.23. The zero-order valence-electron chi connectivity index (χ0n) is 13.1. The first-order valence-corrected chi connectivity index (χ1v) is 7.73. The fraction of sp³-hybridized carbons (Fsp3) is 0.294. The summed E-state index contributed by atoms with van der Waals surface area (Å²) in [4.78, 5) is 8.79. The second-order valence-electron chi connectivity index (χ2n) is 4.90. The van der Waals surface area contributed by atoms with E-state index >= 15 is 0 Å². The highest BCUT2D eigenvalue weighted by Gasteiger charge is 2.17. The van der Waals surface area contributed by atoms with Crippen LogP contribution in [0.1, 0.15) is 29.7 Å². The molecule has 1 unspecified atom stereocenters. The highest BCUT2D eigenvalue weighted by atomic mass is 32.1. The molecule has 0 saturated carbocycles. The molecular formula is C17H18N4OS. The zero-order valence-corrected chi connectivity index (χ0v) is 13.9. The third kappa shape index (κ3) is 4.47. The summed E-state index contributed by atoms with van der Waals surface area (Å²) in [6, 6.07) is 12.2. The predicted octanol–water partition coefficient (Wildman–Crippen LogP) is 2.77. The Bertz CT molecular complexity index is 709. The quantitative estimate of drug-likeness (QED) is 0.823. The Balaban J connectivity index is 2.07. The maximum Gasteiger partial charge on any atom is 0.316 e. The van der Waals surface area contributed by atoms with Crippen molar-refractivity contribution >= 4 is 17.2 Å². The van der Waals surface area contributed by atoms with Crippen molar-refractivity contribution in [2.45, 2.75) is 25.9 Å². The van der Waals surface area contributed by atoms with E-state index in [2.05, 4.69) is 40.4 Å². The highest BCUT2D eigenvalue weighted by Crippen LogP contribution is 2.16. The molecule has 118 valence electrons. The maximum absolute atomic E-state index is 9.25. The molecular weight excluding hydrogens is 308 g/mol. The first-order chi connectivity index (χ1) is 11.2.